The van der Waals surface area contributed by atoms with Crippen molar-refractivity contribution in [2.75, 3.05) is 0 Å². The second-order valence-corrected chi connectivity index (χ2v) is 3.53. The van der Waals surface area contributed by atoms with Gasteiger partial charge < -0.3 is 5.73 Å². The maximum Gasteiger partial charge on any atom is 0.0131 e. The molecule has 0 aromatic heterocycles. The van der Waals surface area contributed by atoms with E-state index in [0.717, 1.165) is 12.1 Å². The summed E-state index contributed by atoms with van der Waals surface area (Å²) in [5.41, 5.74) is 12.1. The number of rotatable bonds is 0. The smallest absolute Gasteiger partial charge is 0.0131 e. The third-order valence-corrected chi connectivity index (χ3v) is 2.49. The molecule has 0 aliphatic heterocycles. The van der Waals surface area contributed by atoms with E-state index in [1.54, 1.807) is 0 Å². The lowest BCUT2D eigenvalue weighted by Gasteiger charge is -2.03. The predicted molar refractivity (Wildman–Crippen MR) is 51.8 cm³/mol. The van der Waals surface area contributed by atoms with Crippen molar-refractivity contribution in [2.24, 2.45) is 5.73 Å². The fourth-order valence-electron chi connectivity index (χ4n) is 1.66. The molecule has 0 fully saturated rings. The van der Waals surface area contributed by atoms with Gasteiger partial charge in [0.1, 0.15) is 0 Å². The number of allylic oxidation sites excluding steroid dienone is 1. The molecule has 0 saturated heterocycles. The largest absolute Gasteiger partial charge is 0.402 e. The lowest BCUT2D eigenvalue weighted by atomic mass is 10.0. The van der Waals surface area contributed by atoms with Crippen LogP contribution in [0.5, 0.6) is 0 Å². The minimum Gasteiger partial charge on any atom is -0.402 e. The van der Waals surface area contributed by atoms with Gasteiger partial charge in [-0.2, -0.15) is 0 Å². The molecule has 0 bridgehead atoms. The fourth-order valence-corrected chi connectivity index (χ4v) is 1.66. The van der Waals surface area contributed by atoms with Crippen LogP contribution >= 0.6 is 0 Å². The third-order valence-electron chi connectivity index (χ3n) is 2.49. The average molecular weight is 159 g/mol. The molecule has 0 amide bonds. The highest BCUT2D eigenvalue weighted by Crippen LogP contribution is 2.25. The molecule has 1 nitrogen and oxygen atoms in total. The minimum absolute atomic E-state index is 0.927. The molecule has 1 aromatic rings. The standard InChI is InChI=1S/C11H13N/c1-7-3-9-5-11(12)6-10(9)4-8(7)2/h3-5H,6,12H2,1-2H3. The van der Waals surface area contributed by atoms with E-state index in [1.807, 2.05) is 0 Å². The molecule has 0 unspecified atom stereocenters. The van der Waals surface area contributed by atoms with E-state index >= 15 is 0 Å². The van der Waals surface area contributed by atoms with Crippen molar-refractivity contribution in [1.29, 1.82) is 0 Å². The summed E-state index contributed by atoms with van der Waals surface area (Å²) in [6.45, 7) is 4.28. The van der Waals surface area contributed by atoms with Crippen LogP contribution in [0.4, 0.5) is 0 Å². The summed E-state index contributed by atoms with van der Waals surface area (Å²) in [7, 11) is 0. The summed E-state index contributed by atoms with van der Waals surface area (Å²) >= 11 is 0. The topological polar surface area (TPSA) is 26.0 Å². The van der Waals surface area contributed by atoms with E-state index in [9.17, 15) is 0 Å². The van der Waals surface area contributed by atoms with Gasteiger partial charge in [-0.15, -0.1) is 0 Å². The zero-order chi connectivity index (χ0) is 8.72. The molecule has 62 valence electrons. The van der Waals surface area contributed by atoms with Gasteiger partial charge in [0, 0.05) is 12.1 Å². The van der Waals surface area contributed by atoms with Gasteiger partial charge in [0.05, 0.1) is 0 Å². The normalized spacial score (nSPS) is 14.3. The maximum absolute atomic E-state index is 5.75. The fraction of sp³-hybridized carbons (Fsp3) is 0.273. The Balaban J connectivity index is 2.57. The van der Waals surface area contributed by atoms with Gasteiger partial charge in [-0.1, -0.05) is 12.1 Å². The number of hydrogen-bond acceptors (Lipinski definition) is 1. The second kappa shape index (κ2) is 2.37. The number of benzene rings is 1. The monoisotopic (exact) mass is 159 g/mol. The number of nitrogens with two attached hydrogens (primary N) is 1. The van der Waals surface area contributed by atoms with Crippen molar-refractivity contribution in [3.63, 3.8) is 0 Å². The van der Waals surface area contributed by atoms with Crippen LogP contribution in [0.3, 0.4) is 0 Å². The Morgan fingerprint density at radius 2 is 1.83 bits per heavy atom. The van der Waals surface area contributed by atoms with Crippen molar-refractivity contribution in [2.45, 2.75) is 20.3 Å². The Labute approximate surface area is 72.9 Å². The zero-order valence-corrected chi connectivity index (χ0v) is 7.52. The van der Waals surface area contributed by atoms with Gasteiger partial charge in [-0.05, 0) is 42.2 Å². The maximum atomic E-state index is 5.75. The summed E-state index contributed by atoms with van der Waals surface area (Å²) in [4.78, 5) is 0. The van der Waals surface area contributed by atoms with Crippen molar-refractivity contribution in [1.82, 2.24) is 0 Å². The quantitative estimate of drug-likeness (QED) is 0.616. The number of hydrogen-bond donors (Lipinski definition) is 1. The van der Waals surface area contributed by atoms with Gasteiger partial charge in [0.25, 0.3) is 0 Å². The van der Waals surface area contributed by atoms with Gasteiger partial charge in [-0.25, -0.2) is 0 Å². The first-order chi connectivity index (χ1) is 5.66. The summed E-state index contributed by atoms with van der Waals surface area (Å²) in [6, 6.07) is 4.45. The Bertz CT molecular complexity index is 362. The van der Waals surface area contributed by atoms with Crippen molar-refractivity contribution >= 4 is 6.08 Å². The highest BCUT2D eigenvalue weighted by molar-refractivity contribution is 5.64. The Kier molecular flexibility index (Phi) is 1.47. The van der Waals surface area contributed by atoms with Crippen LogP contribution in [-0.4, -0.2) is 0 Å². The van der Waals surface area contributed by atoms with Crippen molar-refractivity contribution in [3.8, 4) is 0 Å². The van der Waals surface area contributed by atoms with Crippen molar-refractivity contribution in [3.05, 3.63) is 40.1 Å². The molecule has 1 aliphatic carbocycles. The predicted octanol–water partition coefficient (Wildman–Crippen LogP) is 2.16. The molecule has 1 aromatic carbocycles. The highest BCUT2D eigenvalue weighted by atomic mass is 14.6. The first-order valence-corrected chi connectivity index (χ1v) is 4.23. The molecule has 0 atom stereocenters. The van der Waals surface area contributed by atoms with E-state index in [0.29, 0.717) is 0 Å². The van der Waals surface area contributed by atoms with Gasteiger partial charge in [-0.3, -0.25) is 0 Å². The molecular formula is C11H13N. The molecule has 2 N–H and O–H groups in total. The molecule has 0 saturated carbocycles. The van der Waals surface area contributed by atoms with Crippen LogP contribution in [0.1, 0.15) is 22.3 Å². The summed E-state index contributed by atoms with van der Waals surface area (Å²) in [5.74, 6) is 0. The Hall–Kier alpha value is -1.24. The van der Waals surface area contributed by atoms with Crippen LogP contribution < -0.4 is 5.73 Å². The van der Waals surface area contributed by atoms with E-state index in [1.165, 1.54) is 22.3 Å². The molecule has 0 spiro atoms. The average Bonchev–Trinajstić information content (AvgIpc) is 2.30. The first-order valence-electron chi connectivity index (χ1n) is 4.23. The molecule has 0 heterocycles. The lowest BCUT2D eigenvalue weighted by molar-refractivity contribution is 1.15. The lowest BCUT2D eigenvalue weighted by Crippen LogP contribution is -1.95. The Morgan fingerprint density at radius 3 is 2.58 bits per heavy atom. The van der Waals surface area contributed by atoms with Crippen LogP contribution in [-0.2, 0) is 6.42 Å². The first kappa shape index (κ1) is 7.41. The van der Waals surface area contributed by atoms with Crippen LogP contribution in [0.15, 0.2) is 17.8 Å². The van der Waals surface area contributed by atoms with Crippen LogP contribution in [0.25, 0.3) is 6.08 Å². The zero-order valence-electron chi connectivity index (χ0n) is 7.52. The molecular weight excluding hydrogens is 146 g/mol. The summed E-state index contributed by atoms with van der Waals surface area (Å²) < 4.78 is 0. The summed E-state index contributed by atoms with van der Waals surface area (Å²) in [6.07, 6.45) is 3.00. The van der Waals surface area contributed by atoms with Crippen LogP contribution in [0.2, 0.25) is 0 Å². The van der Waals surface area contributed by atoms with Crippen LogP contribution in [0, 0.1) is 13.8 Å². The molecule has 2 rings (SSSR count). The third kappa shape index (κ3) is 1.02. The number of fused-ring (bicyclic) bond motifs is 1. The van der Waals surface area contributed by atoms with Crippen molar-refractivity contribution < 1.29 is 0 Å². The molecule has 12 heavy (non-hydrogen) atoms. The number of aryl methyl sites for hydroxylation is 2. The van der Waals surface area contributed by atoms with E-state index in [2.05, 4.69) is 32.1 Å². The minimum atomic E-state index is 0.927. The SMILES string of the molecule is Cc1cc2c(cc1C)CC(N)=C2. The molecule has 1 aliphatic rings. The van der Waals surface area contributed by atoms with E-state index < -0.39 is 0 Å². The second-order valence-electron chi connectivity index (χ2n) is 3.53. The van der Waals surface area contributed by atoms with E-state index in [-0.39, 0.29) is 0 Å². The highest BCUT2D eigenvalue weighted by Gasteiger charge is 2.10. The van der Waals surface area contributed by atoms with Gasteiger partial charge in [0.2, 0.25) is 0 Å². The molecule has 1 heteroatoms. The Morgan fingerprint density at radius 1 is 1.17 bits per heavy atom. The van der Waals surface area contributed by atoms with Gasteiger partial charge >= 0.3 is 0 Å². The van der Waals surface area contributed by atoms with E-state index in [4.69, 9.17) is 5.73 Å². The summed E-state index contributed by atoms with van der Waals surface area (Å²) in [5, 5.41) is 0. The molecule has 0 radical (unpaired) electrons. The van der Waals surface area contributed by atoms with Gasteiger partial charge in [0.15, 0.2) is 0 Å².